The van der Waals surface area contributed by atoms with Crippen LogP contribution in [-0.2, 0) is 0 Å². The fourth-order valence-electron chi connectivity index (χ4n) is 0.397. The molecule has 1 heterocycles. The highest BCUT2D eigenvalue weighted by Gasteiger charge is 1.99. The van der Waals surface area contributed by atoms with Gasteiger partial charge in [0.15, 0.2) is 5.78 Å². The number of hydrogen-bond donors (Lipinski definition) is 0. The summed E-state index contributed by atoms with van der Waals surface area (Å²) in [5, 5.41) is 3.35. The zero-order valence-electron chi connectivity index (χ0n) is 4.83. The molecule has 3 nitrogen and oxygen atoms in total. The SMILES string of the molecule is CC(=O)c1ccno1.Cl. The highest BCUT2D eigenvalue weighted by atomic mass is 35.5. The number of aromatic nitrogens is 1. The summed E-state index contributed by atoms with van der Waals surface area (Å²) in [5.41, 5.74) is 0. The minimum Gasteiger partial charge on any atom is -0.353 e. The van der Waals surface area contributed by atoms with E-state index in [9.17, 15) is 4.79 Å². The number of ketones is 1. The second kappa shape index (κ2) is 3.25. The lowest BCUT2D eigenvalue weighted by molar-refractivity contribution is 0.0978. The Balaban J connectivity index is 0.000000640. The van der Waals surface area contributed by atoms with Crippen LogP contribution in [0.25, 0.3) is 0 Å². The zero-order chi connectivity index (χ0) is 5.98. The summed E-state index contributed by atoms with van der Waals surface area (Å²) < 4.78 is 4.50. The van der Waals surface area contributed by atoms with Gasteiger partial charge < -0.3 is 4.52 Å². The predicted molar refractivity (Wildman–Crippen MR) is 33.8 cm³/mol. The number of carbonyl (C=O) groups is 1. The number of nitrogens with zero attached hydrogens (tertiary/aromatic N) is 1. The zero-order valence-corrected chi connectivity index (χ0v) is 5.64. The van der Waals surface area contributed by atoms with Gasteiger partial charge in [-0.25, -0.2) is 0 Å². The van der Waals surface area contributed by atoms with Crippen LogP contribution in [0.15, 0.2) is 16.8 Å². The summed E-state index contributed by atoms with van der Waals surface area (Å²) in [4.78, 5) is 10.4. The Morgan fingerprint density at radius 1 is 1.78 bits per heavy atom. The van der Waals surface area contributed by atoms with Gasteiger partial charge in [-0.05, 0) is 0 Å². The number of halogens is 1. The van der Waals surface area contributed by atoms with Crippen molar-refractivity contribution in [3.05, 3.63) is 18.0 Å². The van der Waals surface area contributed by atoms with Crippen LogP contribution in [0.4, 0.5) is 0 Å². The molecule has 0 aliphatic heterocycles. The molecule has 0 atom stereocenters. The summed E-state index contributed by atoms with van der Waals surface area (Å²) >= 11 is 0. The first kappa shape index (κ1) is 8.17. The van der Waals surface area contributed by atoms with E-state index < -0.39 is 0 Å². The van der Waals surface area contributed by atoms with E-state index in [1.54, 1.807) is 0 Å². The second-order valence-corrected chi connectivity index (χ2v) is 1.43. The van der Waals surface area contributed by atoms with Crippen molar-refractivity contribution in [1.82, 2.24) is 5.16 Å². The van der Waals surface area contributed by atoms with Gasteiger partial charge in [0, 0.05) is 13.0 Å². The van der Waals surface area contributed by atoms with Gasteiger partial charge in [-0.15, -0.1) is 12.4 Å². The van der Waals surface area contributed by atoms with Crippen LogP contribution in [0.5, 0.6) is 0 Å². The number of hydrogen-bond acceptors (Lipinski definition) is 3. The smallest absolute Gasteiger partial charge is 0.202 e. The van der Waals surface area contributed by atoms with E-state index in [0.29, 0.717) is 5.76 Å². The molecule has 0 radical (unpaired) electrons. The number of carbonyl (C=O) groups excluding carboxylic acids is 1. The fraction of sp³-hybridized carbons (Fsp3) is 0.200. The fourth-order valence-corrected chi connectivity index (χ4v) is 0.397. The molecule has 0 amide bonds. The van der Waals surface area contributed by atoms with Crippen LogP contribution in [-0.4, -0.2) is 10.9 Å². The molecule has 1 aromatic heterocycles. The van der Waals surface area contributed by atoms with Gasteiger partial charge in [-0.3, -0.25) is 4.79 Å². The van der Waals surface area contributed by atoms with Crippen molar-refractivity contribution < 1.29 is 9.32 Å². The molecule has 0 saturated heterocycles. The van der Waals surface area contributed by atoms with Gasteiger partial charge in [0.1, 0.15) is 0 Å². The Morgan fingerprint density at radius 2 is 2.44 bits per heavy atom. The maximum Gasteiger partial charge on any atom is 0.202 e. The number of Topliss-reactive ketones (excluding diaryl/α,β-unsaturated/α-hetero) is 1. The van der Waals surface area contributed by atoms with E-state index in [-0.39, 0.29) is 18.2 Å². The standard InChI is InChI=1S/C5H5NO2.ClH/c1-4(7)5-2-3-6-8-5;/h2-3H,1H3;1H. The van der Waals surface area contributed by atoms with E-state index in [1.807, 2.05) is 0 Å². The summed E-state index contributed by atoms with van der Waals surface area (Å²) in [6.07, 6.45) is 1.44. The molecule has 50 valence electrons. The molecule has 0 fully saturated rings. The highest BCUT2D eigenvalue weighted by molar-refractivity contribution is 5.90. The van der Waals surface area contributed by atoms with Gasteiger partial charge in [-0.2, -0.15) is 0 Å². The normalized spacial score (nSPS) is 8.11. The molecule has 0 saturated carbocycles. The molecule has 0 unspecified atom stereocenters. The Labute approximate surface area is 58.4 Å². The molecule has 0 aromatic carbocycles. The predicted octanol–water partition coefficient (Wildman–Crippen LogP) is 1.30. The van der Waals surface area contributed by atoms with Crippen molar-refractivity contribution in [1.29, 1.82) is 0 Å². The molecular formula is C5H6ClNO2. The molecule has 0 aliphatic rings. The van der Waals surface area contributed by atoms with Crippen molar-refractivity contribution in [2.75, 3.05) is 0 Å². The van der Waals surface area contributed by atoms with Crippen LogP contribution in [0, 0.1) is 0 Å². The van der Waals surface area contributed by atoms with Crippen molar-refractivity contribution in [2.24, 2.45) is 0 Å². The molecule has 0 spiro atoms. The summed E-state index contributed by atoms with van der Waals surface area (Å²) in [6.45, 7) is 1.43. The van der Waals surface area contributed by atoms with Crippen molar-refractivity contribution >= 4 is 18.2 Å². The van der Waals surface area contributed by atoms with E-state index in [0.717, 1.165) is 0 Å². The number of rotatable bonds is 1. The third-order valence-corrected chi connectivity index (χ3v) is 0.785. The molecule has 1 rings (SSSR count). The lowest BCUT2D eigenvalue weighted by Gasteiger charge is -1.77. The Kier molecular flexibility index (Phi) is 2.95. The Hall–Kier alpha value is -0.830. The second-order valence-electron chi connectivity index (χ2n) is 1.43. The molecule has 0 bridgehead atoms. The maximum atomic E-state index is 10.4. The molecule has 4 heteroatoms. The first-order valence-electron chi connectivity index (χ1n) is 2.22. The Morgan fingerprint density at radius 3 is 2.67 bits per heavy atom. The van der Waals surface area contributed by atoms with Crippen LogP contribution in [0.3, 0.4) is 0 Å². The molecule has 0 aliphatic carbocycles. The minimum absolute atomic E-state index is 0. The first-order valence-corrected chi connectivity index (χ1v) is 2.22. The summed E-state index contributed by atoms with van der Waals surface area (Å²) in [5.74, 6) is 0.215. The topological polar surface area (TPSA) is 43.1 Å². The summed E-state index contributed by atoms with van der Waals surface area (Å²) in [6, 6.07) is 1.53. The van der Waals surface area contributed by atoms with E-state index in [2.05, 4.69) is 9.68 Å². The quantitative estimate of drug-likeness (QED) is 0.563. The summed E-state index contributed by atoms with van der Waals surface area (Å²) in [7, 11) is 0. The van der Waals surface area contributed by atoms with Crippen molar-refractivity contribution in [3.8, 4) is 0 Å². The van der Waals surface area contributed by atoms with Gasteiger partial charge >= 0.3 is 0 Å². The van der Waals surface area contributed by atoms with Gasteiger partial charge in [0.05, 0.1) is 6.20 Å². The average Bonchev–Trinajstić information content (AvgIpc) is 2.12. The van der Waals surface area contributed by atoms with Gasteiger partial charge in [0.2, 0.25) is 5.76 Å². The average molecular weight is 148 g/mol. The first-order chi connectivity index (χ1) is 3.80. The van der Waals surface area contributed by atoms with Gasteiger partial charge in [0.25, 0.3) is 0 Å². The van der Waals surface area contributed by atoms with Crippen LogP contribution in [0.2, 0.25) is 0 Å². The van der Waals surface area contributed by atoms with E-state index >= 15 is 0 Å². The van der Waals surface area contributed by atoms with E-state index in [1.165, 1.54) is 19.2 Å². The van der Waals surface area contributed by atoms with Crippen molar-refractivity contribution in [2.45, 2.75) is 6.92 Å². The minimum atomic E-state index is -0.0949. The third kappa shape index (κ3) is 1.85. The van der Waals surface area contributed by atoms with Gasteiger partial charge in [-0.1, -0.05) is 5.16 Å². The highest BCUT2D eigenvalue weighted by Crippen LogP contribution is 1.95. The lowest BCUT2D eigenvalue weighted by atomic mass is 10.3. The Bertz CT molecular complexity index is 183. The monoisotopic (exact) mass is 147 g/mol. The maximum absolute atomic E-state index is 10.4. The van der Waals surface area contributed by atoms with Crippen LogP contribution in [0.1, 0.15) is 17.5 Å². The lowest BCUT2D eigenvalue weighted by Crippen LogP contribution is -1.85. The molecule has 1 aromatic rings. The van der Waals surface area contributed by atoms with Crippen molar-refractivity contribution in [3.63, 3.8) is 0 Å². The van der Waals surface area contributed by atoms with Crippen LogP contribution >= 0.6 is 12.4 Å². The largest absolute Gasteiger partial charge is 0.353 e. The third-order valence-electron chi connectivity index (χ3n) is 0.785. The molecule has 9 heavy (non-hydrogen) atoms. The van der Waals surface area contributed by atoms with Crippen LogP contribution < -0.4 is 0 Å². The molecular weight excluding hydrogens is 142 g/mol. The molecule has 0 N–H and O–H groups in total. The van der Waals surface area contributed by atoms with E-state index in [4.69, 9.17) is 0 Å².